The van der Waals surface area contributed by atoms with E-state index in [2.05, 4.69) is 10.6 Å². The molecule has 0 bridgehead atoms. The SMILES string of the molecule is N#Cc1ccc(NC(=O)c2ccc3c(c2)NC(=O)CCO3)cc1. The summed E-state index contributed by atoms with van der Waals surface area (Å²) in [6.07, 6.45) is 0.279. The van der Waals surface area contributed by atoms with Crippen LogP contribution >= 0.6 is 0 Å². The zero-order valence-corrected chi connectivity index (χ0v) is 12.1. The van der Waals surface area contributed by atoms with Crippen LogP contribution in [0.25, 0.3) is 0 Å². The molecule has 0 spiro atoms. The molecule has 23 heavy (non-hydrogen) atoms. The molecule has 1 aliphatic rings. The molecule has 1 heterocycles. The van der Waals surface area contributed by atoms with E-state index in [4.69, 9.17) is 10.00 Å². The van der Waals surface area contributed by atoms with Crippen LogP contribution in [0.4, 0.5) is 11.4 Å². The third-order valence-electron chi connectivity index (χ3n) is 3.37. The highest BCUT2D eigenvalue weighted by atomic mass is 16.5. The molecule has 1 aliphatic heterocycles. The van der Waals surface area contributed by atoms with Crippen LogP contribution in [-0.4, -0.2) is 18.4 Å². The van der Waals surface area contributed by atoms with Gasteiger partial charge in [0.05, 0.1) is 30.3 Å². The van der Waals surface area contributed by atoms with E-state index in [1.165, 1.54) is 0 Å². The molecule has 6 nitrogen and oxygen atoms in total. The molecule has 0 saturated carbocycles. The Morgan fingerprint density at radius 2 is 2.00 bits per heavy atom. The minimum absolute atomic E-state index is 0.145. The van der Waals surface area contributed by atoms with Crippen LogP contribution in [0.15, 0.2) is 42.5 Å². The Balaban J connectivity index is 1.79. The Bertz CT molecular complexity index is 807. The van der Waals surface area contributed by atoms with Gasteiger partial charge in [0.2, 0.25) is 5.91 Å². The van der Waals surface area contributed by atoms with Crippen LogP contribution in [-0.2, 0) is 4.79 Å². The average molecular weight is 307 g/mol. The van der Waals surface area contributed by atoms with Crippen molar-refractivity contribution in [3.05, 3.63) is 53.6 Å². The van der Waals surface area contributed by atoms with Crippen molar-refractivity contribution in [2.24, 2.45) is 0 Å². The highest BCUT2D eigenvalue weighted by Crippen LogP contribution is 2.28. The molecule has 0 aromatic heterocycles. The number of hydrogen-bond donors (Lipinski definition) is 2. The maximum Gasteiger partial charge on any atom is 0.255 e. The van der Waals surface area contributed by atoms with E-state index in [0.29, 0.717) is 34.9 Å². The quantitative estimate of drug-likeness (QED) is 0.892. The Morgan fingerprint density at radius 3 is 2.74 bits per heavy atom. The van der Waals surface area contributed by atoms with E-state index in [1.807, 2.05) is 6.07 Å². The van der Waals surface area contributed by atoms with Gasteiger partial charge in [0.1, 0.15) is 5.75 Å². The Hall–Kier alpha value is -3.33. The van der Waals surface area contributed by atoms with Crippen LogP contribution in [0, 0.1) is 11.3 Å². The van der Waals surface area contributed by atoms with Gasteiger partial charge in [0.15, 0.2) is 0 Å². The molecule has 0 radical (unpaired) electrons. The van der Waals surface area contributed by atoms with Crippen molar-refractivity contribution in [3.8, 4) is 11.8 Å². The first-order valence-corrected chi connectivity index (χ1v) is 7.04. The summed E-state index contributed by atoms with van der Waals surface area (Å²) >= 11 is 0. The molecule has 2 aromatic rings. The molecule has 0 saturated heterocycles. The Kier molecular flexibility index (Phi) is 3.93. The maximum absolute atomic E-state index is 12.3. The second-order valence-electron chi connectivity index (χ2n) is 5.00. The normalized spacial score (nSPS) is 12.9. The van der Waals surface area contributed by atoms with Gasteiger partial charge >= 0.3 is 0 Å². The maximum atomic E-state index is 12.3. The smallest absolute Gasteiger partial charge is 0.255 e. The molecule has 0 aliphatic carbocycles. The number of carbonyl (C=O) groups excluding carboxylic acids is 2. The lowest BCUT2D eigenvalue weighted by Crippen LogP contribution is -2.13. The number of fused-ring (bicyclic) bond motifs is 1. The largest absolute Gasteiger partial charge is 0.491 e. The van der Waals surface area contributed by atoms with Crippen molar-refractivity contribution in [1.29, 1.82) is 5.26 Å². The first kappa shape index (κ1) is 14.6. The van der Waals surface area contributed by atoms with Crippen LogP contribution in [0.1, 0.15) is 22.3 Å². The highest BCUT2D eigenvalue weighted by Gasteiger charge is 2.16. The summed E-state index contributed by atoms with van der Waals surface area (Å²) in [7, 11) is 0. The lowest BCUT2D eigenvalue weighted by Gasteiger charge is -2.10. The highest BCUT2D eigenvalue weighted by molar-refractivity contribution is 6.06. The van der Waals surface area contributed by atoms with Gasteiger partial charge in [-0.15, -0.1) is 0 Å². The van der Waals surface area contributed by atoms with E-state index in [-0.39, 0.29) is 18.2 Å². The number of carbonyl (C=O) groups is 2. The van der Waals surface area contributed by atoms with Crippen molar-refractivity contribution in [1.82, 2.24) is 0 Å². The third-order valence-corrected chi connectivity index (χ3v) is 3.37. The number of nitrogens with zero attached hydrogens (tertiary/aromatic N) is 1. The summed E-state index contributed by atoms with van der Waals surface area (Å²) < 4.78 is 5.45. The van der Waals surface area contributed by atoms with Crippen molar-refractivity contribution in [3.63, 3.8) is 0 Å². The lowest BCUT2D eigenvalue weighted by molar-refractivity contribution is -0.116. The van der Waals surface area contributed by atoms with Gasteiger partial charge in [-0.2, -0.15) is 5.26 Å². The fourth-order valence-electron chi connectivity index (χ4n) is 2.19. The van der Waals surface area contributed by atoms with Crippen LogP contribution in [0.2, 0.25) is 0 Å². The first-order valence-electron chi connectivity index (χ1n) is 7.04. The molecular formula is C17H13N3O3. The van der Waals surface area contributed by atoms with Gasteiger partial charge in [-0.3, -0.25) is 9.59 Å². The van der Waals surface area contributed by atoms with Gasteiger partial charge in [0, 0.05) is 11.3 Å². The zero-order chi connectivity index (χ0) is 16.2. The number of amides is 2. The summed E-state index contributed by atoms with van der Waals surface area (Å²) in [5, 5.41) is 14.2. The second kappa shape index (κ2) is 6.20. The second-order valence-corrected chi connectivity index (χ2v) is 5.00. The molecule has 114 valence electrons. The Morgan fingerprint density at radius 1 is 1.22 bits per heavy atom. The van der Waals surface area contributed by atoms with Crippen molar-refractivity contribution >= 4 is 23.2 Å². The average Bonchev–Trinajstić information content (AvgIpc) is 2.75. The number of anilines is 2. The standard InChI is InChI=1S/C17H13N3O3/c18-10-11-1-4-13(5-2-11)19-17(22)12-3-6-15-14(9-12)20-16(21)7-8-23-15/h1-6,9H,7-8H2,(H,19,22)(H,20,21). The molecular weight excluding hydrogens is 294 g/mol. The number of nitrogens with one attached hydrogen (secondary N) is 2. The van der Waals surface area contributed by atoms with Crippen molar-refractivity contribution < 1.29 is 14.3 Å². The topological polar surface area (TPSA) is 91.2 Å². The number of nitriles is 1. The fourth-order valence-corrected chi connectivity index (χ4v) is 2.19. The van der Waals surface area contributed by atoms with E-state index in [1.54, 1.807) is 42.5 Å². The molecule has 0 unspecified atom stereocenters. The summed E-state index contributed by atoms with van der Waals surface area (Å²) in [5.41, 5.74) is 2.00. The fraction of sp³-hybridized carbons (Fsp3) is 0.118. The van der Waals surface area contributed by atoms with Crippen LogP contribution in [0.5, 0.6) is 5.75 Å². The van der Waals surface area contributed by atoms with Gasteiger partial charge in [-0.25, -0.2) is 0 Å². The monoisotopic (exact) mass is 307 g/mol. The minimum atomic E-state index is -0.309. The Labute approximate surface area is 132 Å². The van der Waals surface area contributed by atoms with Gasteiger partial charge < -0.3 is 15.4 Å². The van der Waals surface area contributed by atoms with Gasteiger partial charge in [-0.1, -0.05) is 0 Å². The van der Waals surface area contributed by atoms with Gasteiger partial charge in [0.25, 0.3) is 5.91 Å². The number of rotatable bonds is 2. The third kappa shape index (κ3) is 3.30. The first-order chi connectivity index (χ1) is 11.2. The summed E-state index contributed by atoms with van der Waals surface area (Å²) in [5.74, 6) is 0.0928. The zero-order valence-electron chi connectivity index (χ0n) is 12.1. The lowest BCUT2D eigenvalue weighted by atomic mass is 10.1. The molecule has 3 rings (SSSR count). The predicted octanol–water partition coefficient (Wildman–Crippen LogP) is 2.53. The minimum Gasteiger partial charge on any atom is -0.491 e. The van der Waals surface area contributed by atoms with Crippen LogP contribution in [0.3, 0.4) is 0 Å². The van der Waals surface area contributed by atoms with Crippen molar-refractivity contribution in [2.45, 2.75) is 6.42 Å². The predicted molar refractivity (Wildman–Crippen MR) is 84.3 cm³/mol. The van der Waals surface area contributed by atoms with E-state index in [0.717, 1.165) is 0 Å². The molecule has 2 N–H and O–H groups in total. The van der Waals surface area contributed by atoms with Crippen LogP contribution < -0.4 is 15.4 Å². The molecule has 2 aromatic carbocycles. The number of hydrogen-bond acceptors (Lipinski definition) is 4. The molecule has 2 amide bonds. The van der Waals surface area contributed by atoms with E-state index < -0.39 is 0 Å². The summed E-state index contributed by atoms with van der Waals surface area (Å²) in [4.78, 5) is 23.9. The summed E-state index contributed by atoms with van der Waals surface area (Å²) in [6, 6.07) is 13.5. The van der Waals surface area contributed by atoms with E-state index in [9.17, 15) is 9.59 Å². The number of ether oxygens (including phenoxy) is 1. The number of benzene rings is 2. The van der Waals surface area contributed by atoms with E-state index >= 15 is 0 Å². The van der Waals surface area contributed by atoms with Gasteiger partial charge in [-0.05, 0) is 42.5 Å². The summed E-state index contributed by atoms with van der Waals surface area (Å²) in [6.45, 7) is 0.315. The molecule has 0 fully saturated rings. The molecule has 6 heteroatoms. The molecule has 0 atom stereocenters. The van der Waals surface area contributed by atoms with Crippen molar-refractivity contribution in [2.75, 3.05) is 17.2 Å².